The summed E-state index contributed by atoms with van der Waals surface area (Å²) in [6.07, 6.45) is 0. The van der Waals surface area contributed by atoms with Gasteiger partial charge in [0.05, 0.1) is 0 Å². The topological polar surface area (TPSA) is 84.6 Å². The van der Waals surface area contributed by atoms with Gasteiger partial charge in [0.1, 0.15) is 11.4 Å². The summed E-state index contributed by atoms with van der Waals surface area (Å²) in [5.41, 5.74) is 7.22. The highest BCUT2D eigenvalue weighted by Gasteiger charge is 2.02. The standard InChI is InChI=1S/C8H10N2O3/c9-8(11)5-13-7-4-2-1-3-6(7)10-12/h1-4,10,12H,5H2,(H2,9,11). The first-order chi connectivity index (χ1) is 6.24. The van der Waals surface area contributed by atoms with Crippen LogP contribution in [-0.4, -0.2) is 17.7 Å². The van der Waals surface area contributed by atoms with Crippen molar-refractivity contribution in [3.05, 3.63) is 24.3 Å². The normalized spacial score (nSPS) is 9.31. The van der Waals surface area contributed by atoms with Crippen LogP contribution in [0.1, 0.15) is 0 Å². The number of hydrogen-bond acceptors (Lipinski definition) is 4. The molecule has 0 unspecified atom stereocenters. The molecule has 5 nitrogen and oxygen atoms in total. The van der Waals surface area contributed by atoms with Gasteiger partial charge < -0.3 is 10.5 Å². The molecule has 0 bridgehead atoms. The second-order valence-corrected chi connectivity index (χ2v) is 2.36. The molecular weight excluding hydrogens is 172 g/mol. The molecule has 0 aromatic heterocycles. The summed E-state index contributed by atoms with van der Waals surface area (Å²) in [5, 5.41) is 8.64. The van der Waals surface area contributed by atoms with Crippen molar-refractivity contribution in [1.82, 2.24) is 0 Å². The number of amides is 1. The molecule has 0 aliphatic carbocycles. The Morgan fingerprint density at radius 3 is 2.85 bits per heavy atom. The van der Waals surface area contributed by atoms with Gasteiger partial charge in [0.2, 0.25) is 0 Å². The van der Waals surface area contributed by atoms with Crippen molar-refractivity contribution in [2.24, 2.45) is 5.73 Å². The average molecular weight is 182 g/mol. The predicted molar refractivity (Wildman–Crippen MR) is 46.5 cm³/mol. The van der Waals surface area contributed by atoms with E-state index >= 15 is 0 Å². The van der Waals surface area contributed by atoms with E-state index in [1.54, 1.807) is 24.3 Å². The molecular formula is C8H10N2O3. The maximum Gasteiger partial charge on any atom is 0.255 e. The van der Waals surface area contributed by atoms with E-state index in [1.807, 2.05) is 5.48 Å². The minimum absolute atomic E-state index is 0.210. The van der Waals surface area contributed by atoms with E-state index in [4.69, 9.17) is 15.7 Å². The number of benzene rings is 1. The molecule has 0 saturated heterocycles. The Balaban J connectivity index is 2.69. The molecule has 0 radical (unpaired) electrons. The second kappa shape index (κ2) is 4.32. The van der Waals surface area contributed by atoms with Gasteiger partial charge in [0, 0.05) is 0 Å². The smallest absolute Gasteiger partial charge is 0.255 e. The third-order valence-electron chi connectivity index (χ3n) is 1.38. The van der Waals surface area contributed by atoms with Gasteiger partial charge >= 0.3 is 0 Å². The molecule has 1 amide bonds. The minimum Gasteiger partial charge on any atom is -0.482 e. The fourth-order valence-corrected chi connectivity index (χ4v) is 0.834. The fourth-order valence-electron chi connectivity index (χ4n) is 0.834. The van der Waals surface area contributed by atoms with E-state index in [2.05, 4.69) is 0 Å². The highest BCUT2D eigenvalue weighted by molar-refractivity contribution is 5.75. The van der Waals surface area contributed by atoms with Gasteiger partial charge in [0.15, 0.2) is 6.61 Å². The van der Waals surface area contributed by atoms with Crippen LogP contribution in [0.4, 0.5) is 5.69 Å². The van der Waals surface area contributed by atoms with Crippen LogP contribution >= 0.6 is 0 Å². The molecule has 0 aliphatic rings. The summed E-state index contributed by atoms with van der Waals surface area (Å²) in [7, 11) is 0. The summed E-state index contributed by atoms with van der Waals surface area (Å²) in [6.45, 7) is -0.210. The number of nitrogens with two attached hydrogens (primary N) is 1. The molecule has 0 heterocycles. The average Bonchev–Trinajstić information content (AvgIpc) is 2.15. The highest BCUT2D eigenvalue weighted by Crippen LogP contribution is 2.22. The quantitative estimate of drug-likeness (QED) is 0.586. The molecule has 0 saturated carbocycles. The van der Waals surface area contributed by atoms with Gasteiger partial charge in [-0.1, -0.05) is 12.1 Å². The molecule has 70 valence electrons. The highest BCUT2D eigenvalue weighted by atomic mass is 16.5. The van der Waals surface area contributed by atoms with Gasteiger partial charge in [-0.2, -0.15) is 0 Å². The van der Waals surface area contributed by atoms with Crippen molar-refractivity contribution in [3.8, 4) is 5.75 Å². The first kappa shape index (κ1) is 9.34. The first-order valence-electron chi connectivity index (χ1n) is 3.64. The van der Waals surface area contributed by atoms with E-state index in [-0.39, 0.29) is 6.61 Å². The number of anilines is 1. The maximum atomic E-state index is 10.4. The summed E-state index contributed by atoms with van der Waals surface area (Å²) >= 11 is 0. The van der Waals surface area contributed by atoms with Crippen LogP contribution in [-0.2, 0) is 4.79 Å². The zero-order valence-electron chi connectivity index (χ0n) is 6.86. The Bertz CT molecular complexity index is 301. The molecule has 0 atom stereocenters. The number of nitrogens with one attached hydrogen (secondary N) is 1. The van der Waals surface area contributed by atoms with Crippen LogP contribution in [0.2, 0.25) is 0 Å². The van der Waals surface area contributed by atoms with Gasteiger partial charge in [-0.25, -0.2) is 0 Å². The summed E-state index contributed by atoms with van der Waals surface area (Å²) in [6, 6.07) is 6.66. The third-order valence-corrected chi connectivity index (χ3v) is 1.38. The van der Waals surface area contributed by atoms with Crippen LogP contribution in [0.3, 0.4) is 0 Å². The molecule has 13 heavy (non-hydrogen) atoms. The van der Waals surface area contributed by atoms with Gasteiger partial charge in [0.25, 0.3) is 5.91 Å². The fraction of sp³-hybridized carbons (Fsp3) is 0.125. The summed E-state index contributed by atoms with van der Waals surface area (Å²) < 4.78 is 4.99. The SMILES string of the molecule is NC(=O)COc1ccccc1NO. The number of para-hydroxylation sites is 2. The molecule has 0 aliphatic heterocycles. The van der Waals surface area contributed by atoms with Crippen LogP contribution in [0.5, 0.6) is 5.75 Å². The van der Waals surface area contributed by atoms with Crippen molar-refractivity contribution in [1.29, 1.82) is 0 Å². The zero-order valence-corrected chi connectivity index (χ0v) is 6.86. The number of rotatable bonds is 4. The van der Waals surface area contributed by atoms with Crippen molar-refractivity contribution in [3.63, 3.8) is 0 Å². The number of ether oxygens (including phenoxy) is 1. The largest absolute Gasteiger partial charge is 0.482 e. The van der Waals surface area contributed by atoms with Crippen molar-refractivity contribution < 1.29 is 14.7 Å². The number of carbonyl (C=O) groups is 1. The van der Waals surface area contributed by atoms with Crippen LogP contribution in [0.25, 0.3) is 0 Å². The van der Waals surface area contributed by atoms with Gasteiger partial charge in [-0.15, -0.1) is 0 Å². The van der Waals surface area contributed by atoms with E-state index in [1.165, 1.54) is 0 Å². The summed E-state index contributed by atoms with van der Waals surface area (Å²) in [4.78, 5) is 10.4. The number of carbonyl (C=O) groups excluding carboxylic acids is 1. The Hall–Kier alpha value is -1.75. The maximum absolute atomic E-state index is 10.4. The molecule has 5 heteroatoms. The van der Waals surface area contributed by atoms with Crippen molar-refractivity contribution >= 4 is 11.6 Å². The van der Waals surface area contributed by atoms with Gasteiger partial charge in [-0.3, -0.25) is 15.5 Å². The lowest BCUT2D eigenvalue weighted by Crippen LogP contribution is -2.20. The van der Waals surface area contributed by atoms with E-state index in [0.717, 1.165) is 0 Å². The molecule has 0 spiro atoms. The zero-order chi connectivity index (χ0) is 9.68. The Morgan fingerprint density at radius 2 is 2.23 bits per heavy atom. The minimum atomic E-state index is -0.562. The summed E-state index contributed by atoms with van der Waals surface area (Å²) in [5.74, 6) is -0.184. The van der Waals surface area contributed by atoms with Crippen LogP contribution in [0.15, 0.2) is 24.3 Å². The van der Waals surface area contributed by atoms with Crippen LogP contribution < -0.4 is 16.0 Å². The van der Waals surface area contributed by atoms with E-state index in [9.17, 15) is 4.79 Å². The molecule has 4 N–H and O–H groups in total. The lowest BCUT2D eigenvalue weighted by molar-refractivity contribution is -0.119. The molecule has 1 aromatic carbocycles. The first-order valence-corrected chi connectivity index (χ1v) is 3.64. The van der Waals surface area contributed by atoms with Gasteiger partial charge in [-0.05, 0) is 12.1 Å². The number of primary amides is 1. The molecule has 1 rings (SSSR count). The Labute approximate surface area is 75.1 Å². The van der Waals surface area contributed by atoms with Crippen molar-refractivity contribution in [2.75, 3.05) is 12.1 Å². The lowest BCUT2D eigenvalue weighted by atomic mass is 10.3. The van der Waals surface area contributed by atoms with E-state index < -0.39 is 5.91 Å². The number of hydrogen-bond donors (Lipinski definition) is 3. The Kier molecular flexibility index (Phi) is 3.10. The van der Waals surface area contributed by atoms with Crippen molar-refractivity contribution in [2.45, 2.75) is 0 Å². The van der Waals surface area contributed by atoms with Crippen LogP contribution in [0, 0.1) is 0 Å². The Morgan fingerprint density at radius 1 is 1.54 bits per heavy atom. The predicted octanol–water partition coefficient (Wildman–Crippen LogP) is 0.352. The molecule has 0 fully saturated rings. The third kappa shape index (κ3) is 2.64. The lowest BCUT2D eigenvalue weighted by Gasteiger charge is -2.07. The monoisotopic (exact) mass is 182 g/mol. The second-order valence-electron chi connectivity index (χ2n) is 2.36. The molecule has 1 aromatic rings. The van der Waals surface area contributed by atoms with E-state index in [0.29, 0.717) is 11.4 Å².